The molecule has 0 fully saturated rings. The van der Waals surface area contributed by atoms with Gasteiger partial charge < -0.3 is 9.84 Å². The average molecular weight is 457 g/mol. The largest absolute Gasteiger partial charge is 0.360 e. The van der Waals surface area contributed by atoms with Gasteiger partial charge in [-0.2, -0.15) is 5.10 Å². The second-order valence-electron chi connectivity index (χ2n) is 9.54. The number of hydrogen-bond acceptors (Lipinski definition) is 6. The van der Waals surface area contributed by atoms with E-state index in [-0.39, 0.29) is 16.2 Å². The van der Waals surface area contributed by atoms with E-state index in [1.807, 2.05) is 0 Å². The third kappa shape index (κ3) is 4.77. The van der Waals surface area contributed by atoms with Gasteiger partial charge in [0, 0.05) is 24.4 Å². The normalized spacial score (nSPS) is 16.6. The Hall–Kier alpha value is -2.94. The summed E-state index contributed by atoms with van der Waals surface area (Å²) in [6, 6.07) is 6.66. The molecule has 1 aliphatic carbocycles. The van der Waals surface area contributed by atoms with Crippen molar-refractivity contribution in [3.8, 4) is 0 Å². The van der Waals surface area contributed by atoms with E-state index in [0.717, 1.165) is 36.1 Å². The van der Waals surface area contributed by atoms with Gasteiger partial charge in [-0.05, 0) is 41.9 Å². The van der Waals surface area contributed by atoms with Gasteiger partial charge in [0.25, 0.3) is 5.91 Å². The predicted molar refractivity (Wildman–Crippen MR) is 120 cm³/mol. The van der Waals surface area contributed by atoms with E-state index in [4.69, 9.17) is 4.52 Å². The number of carbonyl (C=O) groups is 1. The van der Waals surface area contributed by atoms with E-state index < -0.39 is 9.84 Å². The zero-order valence-corrected chi connectivity index (χ0v) is 19.6. The fourth-order valence-corrected chi connectivity index (χ4v) is 4.69. The van der Waals surface area contributed by atoms with Crippen LogP contribution >= 0.6 is 0 Å². The minimum absolute atomic E-state index is 0.156. The molecular weight excluding hydrogens is 428 g/mol. The summed E-state index contributed by atoms with van der Waals surface area (Å²) in [5, 5.41) is 11.2. The molecule has 1 N–H and O–H groups in total. The number of aromatic nitrogens is 3. The molecule has 9 heteroatoms. The topological polar surface area (TPSA) is 107 Å². The molecule has 170 valence electrons. The minimum Gasteiger partial charge on any atom is -0.360 e. The molecule has 0 spiro atoms. The molecule has 0 radical (unpaired) electrons. The Morgan fingerprint density at radius 3 is 2.62 bits per heavy atom. The summed E-state index contributed by atoms with van der Waals surface area (Å²) in [4.78, 5) is 13.2. The Balaban J connectivity index is 1.43. The van der Waals surface area contributed by atoms with Crippen LogP contribution in [0.1, 0.15) is 54.6 Å². The van der Waals surface area contributed by atoms with Gasteiger partial charge in [-0.3, -0.25) is 9.48 Å². The first-order valence-electron chi connectivity index (χ1n) is 10.6. The van der Waals surface area contributed by atoms with Crippen molar-refractivity contribution in [2.75, 3.05) is 11.6 Å². The lowest BCUT2D eigenvalue weighted by molar-refractivity contribution is 0.101. The van der Waals surface area contributed by atoms with Crippen LogP contribution in [0, 0.1) is 11.3 Å². The number of benzene rings is 1. The minimum atomic E-state index is -3.23. The van der Waals surface area contributed by atoms with Crippen molar-refractivity contribution in [2.45, 2.75) is 51.5 Å². The highest BCUT2D eigenvalue weighted by molar-refractivity contribution is 7.90. The van der Waals surface area contributed by atoms with Gasteiger partial charge in [-0.25, -0.2) is 8.42 Å². The lowest BCUT2D eigenvalue weighted by Gasteiger charge is -2.33. The molecule has 0 bridgehead atoms. The molecule has 2 aromatic heterocycles. The monoisotopic (exact) mass is 456 g/mol. The number of rotatable bonds is 5. The molecule has 1 unspecified atom stereocenters. The highest BCUT2D eigenvalue weighted by Gasteiger charge is 2.34. The number of aryl methyl sites for hydroxylation is 1. The molecular formula is C23H28N4O4S. The summed E-state index contributed by atoms with van der Waals surface area (Å²) < 4.78 is 30.3. The quantitative estimate of drug-likeness (QED) is 0.627. The number of hydrogen-bond donors (Lipinski definition) is 1. The molecule has 0 saturated carbocycles. The van der Waals surface area contributed by atoms with Gasteiger partial charge in [0.05, 0.1) is 23.3 Å². The van der Waals surface area contributed by atoms with Crippen LogP contribution in [0.2, 0.25) is 0 Å². The summed E-state index contributed by atoms with van der Waals surface area (Å²) in [5.74, 6) is 0.975. The summed E-state index contributed by atoms with van der Waals surface area (Å²) in [7, 11) is -3.23. The Labute approximate surface area is 187 Å². The van der Waals surface area contributed by atoms with Crippen molar-refractivity contribution < 1.29 is 17.7 Å². The summed E-state index contributed by atoms with van der Waals surface area (Å²) in [6.45, 7) is 7.11. The fourth-order valence-electron chi connectivity index (χ4n) is 4.06. The van der Waals surface area contributed by atoms with Crippen molar-refractivity contribution in [1.82, 2.24) is 14.9 Å². The molecule has 1 aromatic carbocycles. The second-order valence-corrected chi connectivity index (χ2v) is 11.6. The lowest BCUT2D eigenvalue weighted by Crippen LogP contribution is -2.27. The maximum atomic E-state index is 12.9. The second kappa shape index (κ2) is 8.20. The third-order valence-electron chi connectivity index (χ3n) is 6.07. The van der Waals surface area contributed by atoms with Crippen molar-refractivity contribution >= 4 is 21.4 Å². The Kier molecular flexibility index (Phi) is 5.70. The highest BCUT2D eigenvalue weighted by atomic mass is 32.2. The van der Waals surface area contributed by atoms with E-state index in [1.54, 1.807) is 41.3 Å². The van der Waals surface area contributed by atoms with Crippen molar-refractivity contribution in [1.29, 1.82) is 0 Å². The number of nitrogens with one attached hydrogen (secondary N) is 1. The lowest BCUT2D eigenvalue weighted by atomic mass is 9.71. The zero-order valence-electron chi connectivity index (χ0n) is 18.8. The van der Waals surface area contributed by atoms with E-state index in [9.17, 15) is 13.2 Å². The van der Waals surface area contributed by atoms with Crippen LogP contribution in [0.15, 0.2) is 46.1 Å². The van der Waals surface area contributed by atoms with Crippen LogP contribution < -0.4 is 5.32 Å². The standard InChI is InChI=1S/C23H28N4O4S/c1-23(2,3)16-7-10-20-19(11-16)21(26-31-20)22(28)25-17-12-24-27(14-17)13-15-5-8-18(9-6-15)32(4,29)30/h5-6,8-9,12,14,16H,7,10-11,13H2,1-4H3,(H,25,28). The zero-order chi connectivity index (χ0) is 23.1. The molecule has 3 aromatic rings. The molecule has 8 nitrogen and oxygen atoms in total. The van der Waals surface area contributed by atoms with Gasteiger partial charge in [-0.1, -0.05) is 38.1 Å². The van der Waals surface area contributed by atoms with Crippen molar-refractivity contribution in [2.24, 2.45) is 11.3 Å². The Morgan fingerprint density at radius 1 is 1.25 bits per heavy atom. The SMILES string of the molecule is CC(C)(C)C1CCc2onc(C(=O)Nc3cnn(Cc4ccc(S(C)(=O)=O)cc4)c3)c2C1. The fraction of sp³-hybridized carbons (Fsp3) is 0.435. The third-order valence-corrected chi connectivity index (χ3v) is 7.20. The number of sulfone groups is 1. The number of nitrogens with zero attached hydrogens (tertiary/aromatic N) is 3. The van der Waals surface area contributed by atoms with Gasteiger partial charge in [0.2, 0.25) is 0 Å². The van der Waals surface area contributed by atoms with Crippen LogP contribution in [-0.2, 0) is 29.2 Å². The molecule has 1 aliphatic rings. The summed E-state index contributed by atoms with van der Waals surface area (Å²) in [6.07, 6.45) is 7.10. The summed E-state index contributed by atoms with van der Waals surface area (Å²) in [5.41, 5.74) is 2.87. The van der Waals surface area contributed by atoms with E-state index in [1.165, 1.54) is 6.26 Å². The summed E-state index contributed by atoms with van der Waals surface area (Å²) >= 11 is 0. The molecule has 4 rings (SSSR count). The van der Waals surface area contributed by atoms with E-state index in [2.05, 4.69) is 36.3 Å². The van der Waals surface area contributed by atoms with Crippen LogP contribution in [0.25, 0.3) is 0 Å². The number of carbonyl (C=O) groups excluding carboxylic acids is 1. The molecule has 32 heavy (non-hydrogen) atoms. The van der Waals surface area contributed by atoms with Crippen LogP contribution in [-0.4, -0.2) is 35.5 Å². The molecule has 1 amide bonds. The maximum Gasteiger partial charge on any atom is 0.278 e. The number of anilines is 1. The predicted octanol–water partition coefficient (Wildman–Crippen LogP) is 3.73. The van der Waals surface area contributed by atoms with Crippen LogP contribution in [0.5, 0.6) is 0 Å². The van der Waals surface area contributed by atoms with E-state index in [0.29, 0.717) is 23.8 Å². The smallest absolute Gasteiger partial charge is 0.278 e. The first-order valence-corrected chi connectivity index (χ1v) is 12.5. The first-order chi connectivity index (χ1) is 15.0. The molecule has 0 saturated heterocycles. The van der Waals surface area contributed by atoms with Gasteiger partial charge >= 0.3 is 0 Å². The maximum absolute atomic E-state index is 12.9. The van der Waals surface area contributed by atoms with Gasteiger partial charge in [0.15, 0.2) is 15.5 Å². The van der Waals surface area contributed by atoms with Crippen LogP contribution in [0.3, 0.4) is 0 Å². The van der Waals surface area contributed by atoms with Crippen molar-refractivity contribution in [3.05, 3.63) is 59.2 Å². The highest BCUT2D eigenvalue weighted by Crippen LogP contribution is 2.38. The van der Waals surface area contributed by atoms with Crippen molar-refractivity contribution in [3.63, 3.8) is 0 Å². The molecule has 2 heterocycles. The van der Waals surface area contributed by atoms with Gasteiger partial charge in [-0.15, -0.1) is 0 Å². The van der Waals surface area contributed by atoms with E-state index >= 15 is 0 Å². The first kappa shape index (κ1) is 22.3. The molecule has 1 atom stereocenters. The Bertz CT molecular complexity index is 1230. The average Bonchev–Trinajstić information content (AvgIpc) is 3.33. The Morgan fingerprint density at radius 2 is 1.97 bits per heavy atom. The number of amides is 1. The molecule has 0 aliphatic heterocycles. The van der Waals surface area contributed by atoms with Gasteiger partial charge in [0.1, 0.15) is 5.76 Å². The number of fused-ring (bicyclic) bond motifs is 1. The van der Waals surface area contributed by atoms with Crippen LogP contribution in [0.4, 0.5) is 5.69 Å².